The van der Waals surface area contributed by atoms with Crippen molar-refractivity contribution in [2.24, 2.45) is 0 Å². The van der Waals surface area contributed by atoms with Gasteiger partial charge in [0.25, 0.3) is 5.91 Å². The summed E-state index contributed by atoms with van der Waals surface area (Å²) in [5.74, 6) is 0.764. The van der Waals surface area contributed by atoms with Crippen LogP contribution in [-0.4, -0.2) is 38.1 Å². The highest BCUT2D eigenvalue weighted by Crippen LogP contribution is 2.29. The van der Waals surface area contributed by atoms with Crippen molar-refractivity contribution in [3.05, 3.63) is 63.1 Å². The molecule has 2 aromatic rings. The first kappa shape index (κ1) is 18.1. The molecule has 2 aromatic carbocycles. The fourth-order valence-corrected chi connectivity index (χ4v) is 3.51. The summed E-state index contributed by atoms with van der Waals surface area (Å²) < 4.78 is 5.56. The number of ether oxygens (including phenoxy) is 1. The molecule has 0 saturated carbocycles. The monoisotopic (exact) mass is 378 g/mol. The van der Waals surface area contributed by atoms with E-state index in [0.717, 1.165) is 24.3 Å². The van der Waals surface area contributed by atoms with Crippen LogP contribution in [0, 0.1) is 0 Å². The molecule has 0 saturated heterocycles. The van der Waals surface area contributed by atoms with E-state index in [4.69, 9.17) is 27.9 Å². The van der Waals surface area contributed by atoms with Crippen LogP contribution < -0.4 is 10.1 Å². The maximum Gasteiger partial charge on any atom is 0.251 e. The minimum Gasteiger partial charge on any atom is -0.493 e. The molecular formula is C19H20Cl2N2O2. The van der Waals surface area contributed by atoms with Gasteiger partial charge >= 0.3 is 0 Å². The molecule has 1 aliphatic rings. The largest absolute Gasteiger partial charge is 0.493 e. The predicted molar refractivity (Wildman–Crippen MR) is 101 cm³/mol. The van der Waals surface area contributed by atoms with E-state index in [2.05, 4.69) is 22.3 Å². The molecule has 6 heteroatoms. The minimum atomic E-state index is -0.194. The standard InChI is InChI=1S/C19H20Cl2N2O2/c1-23(2)17(12-3-4-18-13(7-12)5-6-25-18)11-22-19(24)14-8-15(20)10-16(21)9-14/h3-4,7-10,17H,5-6,11H2,1-2H3,(H,22,24). The van der Waals surface area contributed by atoms with Crippen LogP contribution in [0.3, 0.4) is 0 Å². The molecular weight excluding hydrogens is 359 g/mol. The predicted octanol–water partition coefficient (Wildman–Crippen LogP) is 3.96. The fraction of sp³-hybridized carbons (Fsp3) is 0.316. The van der Waals surface area contributed by atoms with E-state index in [1.807, 2.05) is 20.2 Å². The average Bonchev–Trinajstić information content (AvgIpc) is 3.01. The SMILES string of the molecule is CN(C)C(CNC(=O)c1cc(Cl)cc(Cl)c1)c1ccc2c(c1)CCO2. The summed E-state index contributed by atoms with van der Waals surface area (Å²) in [5.41, 5.74) is 2.83. The van der Waals surface area contributed by atoms with Crippen molar-refractivity contribution in [1.82, 2.24) is 10.2 Å². The van der Waals surface area contributed by atoms with E-state index in [1.165, 1.54) is 5.56 Å². The van der Waals surface area contributed by atoms with Gasteiger partial charge in [-0.1, -0.05) is 35.3 Å². The lowest BCUT2D eigenvalue weighted by atomic mass is 10.0. The number of carbonyl (C=O) groups is 1. The molecule has 1 amide bonds. The molecule has 0 fully saturated rings. The van der Waals surface area contributed by atoms with Crippen molar-refractivity contribution in [3.8, 4) is 5.75 Å². The van der Waals surface area contributed by atoms with Crippen molar-refractivity contribution >= 4 is 29.1 Å². The Kier molecular flexibility index (Phi) is 5.52. The Morgan fingerprint density at radius 2 is 1.92 bits per heavy atom. The summed E-state index contributed by atoms with van der Waals surface area (Å²) in [6, 6.07) is 11.1. The summed E-state index contributed by atoms with van der Waals surface area (Å²) >= 11 is 11.9. The number of hydrogen-bond donors (Lipinski definition) is 1. The number of benzene rings is 2. The molecule has 0 spiro atoms. The Morgan fingerprint density at radius 3 is 2.60 bits per heavy atom. The molecule has 25 heavy (non-hydrogen) atoms. The van der Waals surface area contributed by atoms with Crippen LogP contribution >= 0.6 is 23.2 Å². The van der Waals surface area contributed by atoms with Gasteiger partial charge in [0, 0.05) is 28.6 Å². The zero-order valence-electron chi connectivity index (χ0n) is 14.2. The normalized spacial score (nSPS) is 14.1. The van der Waals surface area contributed by atoms with Crippen molar-refractivity contribution in [1.29, 1.82) is 0 Å². The Bertz CT molecular complexity index is 773. The van der Waals surface area contributed by atoms with Gasteiger partial charge in [0.05, 0.1) is 12.6 Å². The first-order valence-corrected chi connectivity index (χ1v) is 8.86. The second-order valence-corrected chi connectivity index (χ2v) is 7.19. The number of hydrogen-bond acceptors (Lipinski definition) is 3. The number of likely N-dealkylation sites (N-methyl/N-ethyl adjacent to an activating group) is 1. The Balaban J connectivity index is 1.73. The van der Waals surface area contributed by atoms with E-state index in [0.29, 0.717) is 22.2 Å². The van der Waals surface area contributed by atoms with E-state index in [1.54, 1.807) is 18.2 Å². The van der Waals surface area contributed by atoms with E-state index >= 15 is 0 Å². The van der Waals surface area contributed by atoms with Crippen LogP contribution in [0.5, 0.6) is 5.75 Å². The van der Waals surface area contributed by atoms with Gasteiger partial charge in [-0.3, -0.25) is 4.79 Å². The van der Waals surface area contributed by atoms with Crippen LogP contribution in [0.1, 0.15) is 27.5 Å². The fourth-order valence-electron chi connectivity index (χ4n) is 2.99. The minimum absolute atomic E-state index is 0.0597. The third kappa shape index (κ3) is 4.27. The second-order valence-electron chi connectivity index (χ2n) is 6.31. The Hall–Kier alpha value is -1.75. The molecule has 0 aromatic heterocycles. The van der Waals surface area contributed by atoms with Crippen LogP contribution in [0.15, 0.2) is 36.4 Å². The lowest BCUT2D eigenvalue weighted by molar-refractivity contribution is 0.0942. The second kappa shape index (κ2) is 7.65. The molecule has 0 radical (unpaired) electrons. The molecule has 4 nitrogen and oxygen atoms in total. The summed E-state index contributed by atoms with van der Waals surface area (Å²) in [4.78, 5) is 14.5. The Morgan fingerprint density at radius 1 is 1.20 bits per heavy atom. The zero-order chi connectivity index (χ0) is 18.0. The molecule has 0 bridgehead atoms. The third-order valence-electron chi connectivity index (χ3n) is 4.30. The lowest BCUT2D eigenvalue weighted by Crippen LogP contribution is -2.34. The number of rotatable bonds is 5. The number of fused-ring (bicyclic) bond motifs is 1. The summed E-state index contributed by atoms with van der Waals surface area (Å²) in [5, 5.41) is 3.86. The highest BCUT2D eigenvalue weighted by Gasteiger charge is 2.19. The third-order valence-corrected chi connectivity index (χ3v) is 4.74. The quantitative estimate of drug-likeness (QED) is 0.855. The van der Waals surface area contributed by atoms with Crippen LogP contribution in [0.4, 0.5) is 0 Å². The number of amides is 1. The van der Waals surface area contributed by atoms with Gasteiger partial charge in [0.15, 0.2) is 0 Å². The van der Waals surface area contributed by atoms with Gasteiger partial charge in [0.2, 0.25) is 0 Å². The number of nitrogens with zero attached hydrogens (tertiary/aromatic N) is 1. The maximum atomic E-state index is 12.4. The highest BCUT2D eigenvalue weighted by atomic mass is 35.5. The number of carbonyl (C=O) groups excluding carboxylic acids is 1. The van der Waals surface area contributed by atoms with Crippen LogP contribution in [0.2, 0.25) is 10.0 Å². The van der Waals surface area contributed by atoms with E-state index in [9.17, 15) is 4.79 Å². The molecule has 0 aliphatic carbocycles. The van der Waals surface area contributed by atoms with E-state index < -0.39 is 0 Å². The molecule has 1 heterocycles. The first-order chi connectivity index (χ1) is 11.9. The van der Waals surface area contributed by atoms with Crippen molar-refractivity contribution in [3.63, 3.8) is 0 Å². The van der Waals surface area contributed by atoms with Crippen molar-refractivity contribution < 1.29 is 9.53 Å². The van der Waals surface area contributed by atoms with Crippen LogP contribution in [0.25, 0.3) is 0 Å². The summed E-state index contributed by atoms with van der Waals surface area (Å²) in [6.07, 6.45) is 0.927. The molecule has 1 N–H and O–H groups in total. The highest BCUT2D eigenvalue weighted by molar-refractivity contribution is 6.35. The molecule has 132 valence electrons. The number of halogens is 2. The molecule has 3 rings (SSSR count). The molecule has 1 unspecified atom stereocenters. The summed E-state index contributed by atoms with van der Waals surface area (Å²) in [7, 11) is 3.99. The van der Waals surface area contributed by atoms with Gasteiger partial charge < -0.3 is 15.0 Å². The van der Waals surface area contributed by atoms with Crippen LogP contribution in [-0.2, 0) is 6.42 Å². The smallest absolute Gasteiger partial charge is 0.251 e. The van der Waals surface area contributed by atoms with Gasteiger partial charge in [-0.15, -0.1) is 0 Å². The van der Waals surface area contributed by atoms with Crippen molar-refractivity contribution in [2.45, 2.75) is 12.5 Å². The molecule has 1 aliphatic heterocycles. The average molecular weight is 379 g/mol. The lowest BCUT2D eigenvalue weighted by Gasteiger charge is -2.25. The van der Waals surface area contributed by atoms with Gasteiger partial charge in [-0.05, 0) is 49.5 Å². The zero-order valence-corrected chi connectivity index (χ0v) is 15.7. The van der Waals surface area contributed by atoms with E-state index in [-0.39, 0.29) is 11.9 Å². The van der Waals surface area contributed by atoms with Gasteiger partial charge in [0.1, 0.15) is 5.75 Å². The Labute approximate surface area is 157 Å². The topological polar surface area (TPSA) is 41.6 Å². The first-order valence-electron chi connectivity index (χ1n) is 8.10. The maximum absolute atomic E-state index is 12.4. The summed E-state index contributed by atoms with van der Waals surface area (Å²) in [6.45, 7) is 1.22. The van der Waals surface area contributed by atoms with Gasteiger partial charge in [-0.25, -0.2) is 0 Å². The van der Waals surface area contributed by atoms with Gasteiger partial charge in [-0.2, -0.15) is 0 Å². The van der Waals surface area contributed by atoms with Crippen molar-refractivity contribution in [2.75, 3.05) is 27.2 Å². The molecule has 1 atom stereocenters. The number of nitrogens with one attached hydrogen (secondary N) is 1.